The minimum Gasteiger partial charge on any atom is -0.506 e. The first-order chi connectivity index (χ1) is 8.25. The van der Waals surface area contributed by atoms with Gasteiger partial charge in [0.2, 0.25) is 0 Å². The number of aromatic nitrogens is 2. The lowest BCUT2D eigenvalue weighted by atomic mass is 10.2. The number of pyridine rings is 2. The Hall–Kier alpha value is -2.43. The van der Waals surface area contributed by atoms with Gasteiger partial charge in [0.15, 0.2) is 0 Å². The molecular formula is C12H11N3O2. The van der Waals surface area contributed by atoms with Crippen molar-refractivity contribution in [3.8, 4) is 5.75 Å². The maximum atomic E-state index is 11.7. The number of hydrogen-bond acceptors (Lipinski definition) is 4. The lowest BCUT2D eigenvalue weighted by Crippen LogP contribution is -2.22. The molecule has 0 unspecified atom stereocenters. The summed E-state index contributed by atoms with van der Waals surface area (Å²) in [6.45, 7) is 0.391. The number of nitrogens with one attached hydrogen (secondary N) is 1. The van der Waals surface area contributed by atoms with Gasteiger partial charge in [-0.15, -0.1) is 0 Å². The molecule has 2 aromatic rings. The van der Waals surface area contributed by atoms with Crippen LogP contribution in [0.2, 0.25) is 0 Å². The first-order valence-electron chi connectivity index (χ1n) is 5.07. The predicted octanol–water partition coefficient (Wildman–Crippen LogP) is 1.11. The van der Waals surface area contributed by atoms with Crippen LogP contribution < -0.4 is 5.32 Å². The van der Waals surface area contributed by atoms with Gasteiger partial charge < -0.3 is 10.4 Å². The molecule has 0 aliphatic heterocycles. The fourth-order valence-electron chi connectivity index (χ4n) is 1.34. The van der Waals surface area contributed by atoms with Crippen molar-refractivity contribution in [2.75, 3.05) is 0 Å². The third-order valence-electron chi connectivity index (χ3n) is 2.16. The second kappa shape index (κ2) is 5.07. The van der Waals surface area contributed by atoms with Crippen LogP contribution in [-0.2, 0) is 6.54 Å². The zero-order valence-electron chi connectivity index (χ0n) is 9.00. The number of nitrogens with zero attached hydrogens (tertiary/aromatic N) is 2. The smallest absolute Gasteiger partial charge is 0.253 e. The van der Waals surface area contributed by atoms with Crippen molar-refractivity contribution >= 4 is 5.91 Å². The molecule has 0 aliphatic carbocycles. The molecule has 2 aromatic heterocycles. The van der Waals surface area contributed by atoms with Crippen molar-refractivity contribution in [2.45, 2.75) is 6.54 Å². The zero-order valence-corrected chi connectivity index (χ0v) is 9.00. The Labute approximate surface area is 98.2 Å². The van der Waals surface area contributed by atoms with Gasteiger partial charge in [0, 0.05) is 25.1 Å². The zero-order chi connectivity index (χ0) is 12.1. The van der Waals surface area contributed by atoms with Crippen molar-refractivity contribution in [1.82, 2.24) is 15.3 Å². The van der Waals surface area contributed by atoms with E-state index in [0.29, 0.717) is 12.1 Å². The number of hydrogen-bond donors (Lipinski definition) is 2. The Kier molecular flexibility index (Phi) is 3.30. The monoisotopic (exact) mass is 229 g/mol. The highest BCUT2D eigenvalue weighted by molar-refractivity contribution is 5.94. The molecule has 0 spiro atoms. The maximum absolute atomic E-state index is 11.7. The summed E-state index contributed by atoms with van der Waals surface area (Å²) in [4.78, 5) is 19.4. The van der Waals surface area contributed by atoms with Crippen LogP contribution in [0.15, 0.2) is 43.0 Å². The summed E-state index contributed by atoms with van der Waals surface area (Å²) in [6.07, 6.45) is 6.03. The summed E-state index contributed by atoms with van der Waals surface area (Å²) in [5.41, 5.74) is 1.24. The van der Waals surface area contributed by atoms with Crippen LogP contribution in [0.3, 0.4) is 0 Å². The van der Waals surface area contributed by atoms with E-state index in [1.165, 1.54) is 18.5 Å². The van der Waals surface area contributed by atoms with Crippen LogP contribution in [0.25, 0.3) is 0 Å². The fourth-order valence-corrected chi connectivity index (χ4v) is 1.34. The Morgan fingerprint density at radius 3 is 2.88 bits per heavy atom. The summed E-state index contributed by atoms with van der Waals surface area (Å²) in [5.74, 6) is -0.309. The maximum Gasteiger partial charge on any atom is 0.253 e. The predicted molar refractivity (Wildman–Crippen MR) is 61.3 cm³/mol. The lowest BCUT2D eigenvalue weighted by molar-refractivity contribution is 0.0950. The Bertz CT molecular complexity index is 514. The standard InChI is InChI=1S/C12H11N3O2/c16-11-4-10(7-14-8-11)12(17)15-6-9-2-1-3-13-5-9/h1-5,7-8,16H,6H2,(H,15,17). The van der Waals surface area contributed by atoms with Crippen molar-refractivity contribution in [3.05, 3.63) is 54.1 Å². The van der Waals surface area contributed by atoms with E-state index in [-0.39, 0.29) is 11.7 Å². The number of carbonyl (C=O) groups excluding carboxylic acids is 1. The third-order valence-corrected chi connectivity index (χ3v) is 2.16. The topological polar surface area (TPSA) is 75.1 Å². The summed E-state index contributed by atoms with van der Waals surface area (Å²) in [5, 5.41) is 11.9. The third kappa shape index (κ3) is 3.01. The first kappa shape index (κ1) is 11.1. The quantitative estimate of drug-likeness (QED) is 0.826. The van der Waals surface area contributed by atoms with E-state index in [1.807, 2.05) is 6.07 Å². The molecule has 0 aromatic carbocycles. The van der Waals surface area contributed by atoms with E-state index in [9.17, 15) is 9.90 Å². The van der Waals surface area contributed by atoms with E-state index in [1.54, 1.807) is 18.5 Å². The van der Waals surface area contributed by atoms with Crippen molar-refractivity contribution in [1.29, 1.82) is 0 Å². The number of carbonyl (C=O) groups is 1. The highest BCUT2D eigenvalue weighted by atomic mass is 16.3. The normalized spacial score (nSPS) is 9.88. The minimum absolute atomic E-state index is 0.0287. The summed E-state index contributed by atoms with van der Waals surface area (Å²) in [7, 11) is 0. The highest BCUT2D eigenvalue weighted by Gasteiger charge is 2.06. The Morgan fingerprint density at radius 1 is 1.29 bits per heavy atom. The molecule has 2 heterocycles. The van der Waals surface area contributed by atoms with Gasteiger partial charge in [0.05, 0.1) is 11.8 Å². The van der Waals surface area contributed by atoms with Gasteiger partial charge in [-0.1, -0.05) is 6.07 Å². The molecule has 5 nitrogen and oxygen atoms in total. The van der Waals surface area contributed by atoms with Gasteiger partial charge in [0.1, 0.15) is 5.75 Å². The molecule has 2 rings (SSSR count). The van der Waals surface area contributed by atoms with Gasteiger partial charge in [-0.25, -0.2) is 0 Å². The van der Waals surface area contributed by atoms with Crippen molar-refractivity contribution in [3.63, 3.8) is 0 Å². The van der Waals surface area contributed by atoms with E-state index in [4.69, 9.17) is 0 Å². The molecule has 0 fully saturated rings. The Morgan fingerprint density at radius 2 is 2.18 bits per heavy atom. The molecule has 17 heavy (non-hydrogen) atoms. The van der Waals surface area contributed by atoms with Crippen LogP contribution >= 0.6 is 0 Å². The Balaban J connectivity index is 1.98. The van der Waals surface area contributed by atoms with Crippen LogP contribution in [0.1, 0.15) is 15.9 Å². The molecule has 0 saturated carbocycles. The lowest BCUT2D eigenvalue weighted by Gasteiger charge is -2.04. The molecule has 0 aliphatic rings. The molecule has 2 N–H and O–H groups in total. The molecule has 86 valence electrons. The van der Waals surface area contributed by atoms with E-state index in [2.05, 4.69) is 15.3 Å². The SMILES string of the molecule is O=C(NCc1cccnc1)c1cncc(O)c1. The number of aromatic hydroxyl groups is 1. The molecule has 0 atom stereocenters. The van der Waals surface area contributed by atoms with Crippen LogP contribution in [0.4, 0.5) is 0 Å². The van der Waals surface area contributed by atoms with Crippen molar-refractivity contribution in [2.24, 2.45) is 0 Å². The van der Waals surface area contributed by atoms with E-state index < -0.39 is 0 Å². The van der Waals surface area contributed by atoms with Crippen LogP contribution in [0.5, 0.6) is 5.75 Å². The molecule has 0 radical (unpaired) electrons. The molecular weight excluding hydrogens is 218 g/mol. The van der Waals surface area contributed by atoms with Crippen LogP contribution in [-0.4, -0.2) is 21.0 Å². The van der Waals surface area contributed by atoms with E-state index >= 15 is 0 Å². The van der Waals surface area contributed by atoms with Gasteiger partial charge >= 0.3 is 0 Å². The van der Waals surface area contributed by atoms with Gasteiger partial charge in [-0.3, -0.25) is 14.8 Å². The summed E-state index contributed by atoms with van der Waals surface area (Å²) >= 11 is 0. The fraction of sp³-hybridized carbons (Fsp3) is 0.0833. The minimum atomic E-state index is -0.280. The molecule has 1 amide bonds. The van der Waals surface area contributed by atoms with Crippen molar-refractivity contribution < 1.29 is 9.90 Å². The molecule has 0 saturated heterocycles. The van der Waals surface area contributed by atoms with Crippen LogP contribution in [0, 0.1) is 0 Å². The van der Waals surface area contributed by atoms with Gasteiger partial charge in [-0.2, -0.15) is 0 Å². The molecule has 0 bridgehead atoms. The molecule has 5 heteroatoms. The van der Waals surface area contributed by atoms with Gasteiger partial charge in [-0.05, 0) is 17.7 Å². The largest absolute Gasteiger partial charge is 0.506 e. The second-order valence-electron chi connectivity index (χ2n) is 3.48. The summed E-state index contributed by atoms with van der Waals surface area (Å²) < 4.78 is 0. The first-order valence-corrected chi connectivity index (χ1v) is 5.07. The van der Waals surface area contributed by atoms with Gasteiger partial charge in [0.25, 0.3) is 5.91 Å². The van der Waals surface area contributed by atoms with E-state index in [0.717, 1.165) is 5.56 Å². The average molecular weight is 229 g/mol. The average Bonchev–Trinajstić information content (AvgIpc) is 2.37. The highest BCUT2D eigenvalue weighted by Crippen LogP contribution is 2.08. The second-order valence-corrected chi connectivity index (χ2v) is 3.48. The number of amides is 1. The number of rotatable bonds is 3. The summed E-state index contributed by atoms with van der Waals surface area (Å²) in [6, 6.07) is 5.04.